The first-order valence-corrected chi connectivity index (χ1v) is 5.44. The van der Waals surface area contributed by atoms with Crippen molar-refractivity contribution >= 4 is 0 Å². The van der Waals surface area contributed by atoms with Gasteiger partial charge in [-0.05, 0) is 12.8 Å². The van der Waals surface area contributed by atoms with Crippen LogP contribution in [0.4, 0.5) is 0 Å². The van der Waals surface area contributed by atoms with E-state index in [1.807, 2.05) is 0 Å². The zero-order valence-electron chi connectivity index (χ0n) is 8.26. The summed E-state index contributed by atoms with van der Waals surface area (Å²) in [5, 5.41) is 13.5. The SMILES string of the molecule is OC1(CN2CCNCC2)CCCC1. The Hall–Kier alpha value is -0.120. The van der Waals surface area contributed by atoms with E-state index in [-0.39, 0.29) is 5.60 Å². The van der Waals surface area contributed by atoms with E-state index in [1.54, 1.807) is 0 Å². The molecule has 1 aliphatic carbocycles. The number of aliphatic hydroxyl groups is 1. The van der Waals surface area contributed by atoms with Crippen LogP contribution in [0, 0.1) is 0 Å². The van der Waals surface area contributed by atoms with Crippen molar-refractivity contribution in [1.82, 2.24) is 10.2 Å². The highest BCUT2D eigenvalue weighted by molar-refractivity contribution is 4.88. The molecule has 0 aromatic rings. The van der Waals surface area contributed by atoms with Crippen LogP contribution in [0.5, 0.6) is 0 Å². The maximum absolute atomic E-state index is 10.2. The average molecular weight is 184 g/mol. The molecule has 76 valence electrons. The molecule has 2 rings (SSSR count). The standard InChI is InChI=1S/C10H20N2O/c13-10(3-1-2-4-10)9-12-7-5-11-6-8-12/h11,13H,1-9H2. The molecule has 3 heteroatoms. The monoisotopic (exact) mass is 184 g/mol. The largest absolute Gasteiger partial charge is 0.389 e. The first-order chi connectivity index (χ1) is 6.29. The third kappa shape index (κ3) is 2.42. The summed E-state index contributed by atoms with van der Waals surface area (Å²) >= 11 is 0. The summed E-state index contributed by atoms with van der Waals surface area (Å²) in [5.74, 6) is 0. The Labute approximate surface area is 80.1 Å². The Balaban J connectivity index is 1.81. The molecule has 1 heterocycles. The van der Waals surface area contributed by atoms with Crippen LogP contribution >= 0.6 is 0 Å². The van der Waals surface area contributed by atoms with Crippen LogP contribution in [0.1, 0.15) is 25.7 Å². The molecule has 1 aliphatic heterocycles. The summed E-state index contributed by atoms with van der Waals surface area (Å²) in [4.78, 5) is 2.39. The van der Waals surface area contributed by atoms with E-state index in [9.17, 15) is 5.11 Å². The highest BCUT2D eigenvalue weighted by Gasteiger charge is 2.33. The fraction of sp³-hybridized carbons (Fsp3) is 1.00. The number of rotatable bonds is 2. The second-order valence-corrected chi connectivity index (χ2v) is 4.46. The minimum atomic E-state index is -0.350. The predicted octanol–water partition coefficient (Wildman–Crippen LogP) is 0.197. The zero-order valence-corrected chi connectivity index (χ0v) is 8.26. The van der Waals surface area contributed by atoms with Crippen LogP contribution in [0.15, 0.2) is 0 Å². The Morgan fingerprint density at radius 3 is 2.38 bits per heavy atom. The van der Waals surface area contributed by atoms with E-state index in [0.29, 0.717) is 0 Å². The number of β-amino-alcohol motifs (C(OH)–C–C–N with tert-alkyl or cyclic N) is 1. The van der Waals surface area contributed by atoms with Gasteiger partial charge in [-0.1, -0.05) is 12.8 Å². The molecule has 0 amide bonds. The van der Waals surface area contributed by atoms with Crippen LogP contribution < -0.4 is 5.32 Å². The maximum Gasteiger partial charge on any atom is 0.0774 e. The lowest BCUT2D eigenvalue weighted by atomic mass is 10.0. The van der Waals surface area contributed by atoms with Crippen molar-refractivity contribution < 1.29 is 5.11 Å². The van der Waals surface area contributed by atoms with Crippen molar-refractivity contribution in [3.05, 3.63) is 0 Å². The molecule has 0 aromatic carbocycles. The highest BCUT2D eigenvalue weighted by Crippen LogP contribution is 2.30. The molecular formula is C10H20N2O. The van der Waals surface area contributed by atoms with Crippen LogP contribution in [0.25, 0.3) is 0 Å². The van der Waals surface area contributed by atoms with Gasteiger partial charge in [0.05, 0.1) is 5.60 Å². The molecule has 13 heavy (non-hydrogen) atoms. The van der Waals surface area contributed by atoms with Crippen molar-refractivity contribution in [2.24, 2.45) is 0 Å². The van der Waals surface area contributed by atoms with E-state index in [4.69, 9.17) is 0 Å². The van der Waals surface area contributed by atoms with Gasteiger partial charge in [0.15, 0.2) is 0 Å². The topological polar surface area (TPSA) is 35.5 Å². The molecule has 0 radical (unpaired) electrons. The molecule has 0 bridgehead atoms. The molecule has 1 saturated heterocycles. The molecular weight excluding hydrogens is 164 g/mol. The van der Waals surface area contributed by atoms with E-state index in [2.05, 4.69) is 10.2 Å². The number of hydrogen-bond donors (Lipinski definition) is 2. The molecule has 3 nitrogen and oxygen atoms in total. The molecule has 2 aliphatic rings. The number of nitrogens with zero attached hydrogens (tertiary/aromatic N) is 1. The molecule has 1 saturated carbocycles. The third-order valence-corrected chi connectivity index (χ3v) is 3.26. The van der Waals surface area contributed by atoms with Gasteiger partial charge in [0.2, 0.25) is 0 Å². The van der Waals surface area contributed by atoms with Gasteiger partial charge in [0, 0.05) is 32.7 Å². The van der Waals surface area contributed by atoms with Crippen LogP contribution in [-0.4, -0.2) is 48.3 Å². The van der Waals surface area contributed by atoms with Gasteiger partial charge < -0.3 is 10.4 Å². The van der Waals surface area contributed by atoms with Gasteiger partial charge in [-0.15, -0.1) is 0 Å². The van der Waals surface area contributed by atoms with Crippen molar-refractivity contribution in [2.45, 2.75) is 31.3 Å². The molecule has 0 aromatic heterocycles. The van der Waals surface area contributed by atoms with E-state index < -0.39 is 0 Å². The summed E-state index contributed by atoms with van der Waals surface area (Å²) in [7, 11) is 0. The van der Waals surface area contributed by atoms with Crippen molar-refractivity contribution in [3.63, 3.8) is 0 Å². The van der Waals surface area contributed by atoms with Crippen molar-refractivity contribution in [1.29, 1.82) is 0 Å². The van der Waals surface area contributed by atoms with Gasteiger partial charge in [0.1, 0.15) is 0 Å². The van der Waals surface area contributed by atoms with E-state index in [1.165, 1.54) is 12.8 Å². The van der Waals surface area contributed by atoms with E-state index in [0.717, 1.165) is 45.6 Å². The smallest absolute Gasteiger partial charge is 0.0774 e. The third-order valence-electron chi connectivity index (χ3n) is 3.26. The maximum atomic E-state index is 10.2. The fourth-order valence-electron chi connectivity index (χ4n) is 2.48. The first kappa shape index (κ1) is 9.44. The Kier molecular flexibility index (Phi) is 2.86. The summed E-state index contributed by atoms with van der Waals surface area (Å²) in [6.45, 7) is 5.26. The first-order valence-electron chi connectivity index (χ1n) is 5.44. The van der Waals surface area contributed by atoms with Crippen molar-refractivity contribution in [3.8, 4) is 0 Å². The molecule has 0 unspecified atom stereocenters. The molecule has 0 atom stereocenters. The lowest BCUT2D eigenvalue weighted by molar-refractivity contribution is 0.00644. The highest BCUT2D eigenvalue weighted by atomic mass is 16.3. The van der Waals surface area contributed by atoms with Crippen molar-refractivity contribution in [2.75, 3.05) is 32.7 Å². The van der Waals surface area contributed by atoms with Gasteiger partial charge in [-0.3, -0.25) is 4.90 Å². The van der Waals surface area contributed by atoms with Gasteiger partial charge in [-0.2, -0.15) is 0 Å². The normalized spacial score (nSPS) is 29.3. The second-order valence-electron chi connectivity index (χ2n) is 4.46. The van der Waals surface area contributed by atoms with Crippen LogP contribution in [-0.2, 0) is 0 Å². The number of hydrogen-bond acceptors (Lipinski definition) is 3. The summed E-state index contributed by atoms with van der Waals surface area (Å²) in [6, 6.07) is 0. The summed E-state index contributed by atoms with van der Waals surface area (Å²) < 4.78 is 0. The predicted molar refractivity (Wildman–Crippen MR) is 52.7 cm³/mol. The lowest BCUT2D eigenvalue weighted by Gasteiger charge is -2.33. The van der Waals surface area contributed by atoms with Gasteiger partial charge >= 0.3 is 0 Å². The van der Waals surface area contributed by atoms with Gasteiger partial charge in [0.25, 0.3) is 0 Å². The summed E-state index contributed by atoms with van der Waals surface area (Å²) in [5.41, 5.74) is -0.350. The minimum absolute atomic E-state index is 0.350. The lowest BCUT2D eigenvalue weighted by Crippen LogP contribution is -2.49. The van der Waals surface area contributed by atoms with Crippen LogP contribution in [0.2, 0.25) is 0 Å². The molecule has 2 N–H and O–H groups in total. The Morgan fingerprint density at radius 1 is 1.15 bits per heavy atom. The zero-order chi connectivity index (χ0) is 9.15. The molecule has 2 fully saturated rings. The quantitative estimate of drug-likeness (QED) is 0.643. The van der Waals surface area contributed by atoms with E-state index >= 15 is 0 Å². The number of piperazine rings is 1. The number of nitrogens with one attached hydrogen (secondary N) is 1. The van der Waals surface area contributed by atoms with Crippen LogP contribution in [0.3, 0.4) is 0 Å². The average Bonchev–Trinajstić information content (AvgIpc) is 2.54. The second kappa shape index (κ2) is 3.95. The summed E-state index contributed by atoms with van der Waals surface area (Å²) in [6.07, 6.45) is 4.44. The van der Waals surface area contributed by atoms with Gasteiger partial charge in [-0.25, -0.2) is 0 Å². The fourth-order valence-corrected chi connectivity index (χ4v) is 2.48. The minimum Gasteiger partial charge on any atom is -0.389 e. The Bertz CT molecular complexity index is 160. The Morgan fingerprint density at radius 2 is 1.77 bits per heavy atom. The molecule has 0 spiro atoms.